The predicted octanol–water partition coefficient (Wildman–Crippen LogP) is 2.13. The highest BCUT2D eigenvalue weighted by Crippen LogP contribution is 2.53. The van der Waals surface area contributed by atoms with E-state index in [1.807, 2.05) is 0 Å². The summed E-state index contributed by atoms with van der Waals surface area (Å²) in [6, 6.07) is 2.74. The minimum Gasteiger partial charge on any atom is -0.298 e. The van der Waals surface area contributed by atoms with Crippen LogP contribution in [0.1, 0.15) is 39.9 Å². The zero-order valence-corrected chi connectivity index (χ0v) is 11.9. The summed E-state index contributed by atoms with van der Waals surface area (Å²) in [7, 11) is 0. The van der Waals surface area contributed by atoms with Gasteiger partial charge in [-0.2, -0.15) is 13.2 Å². The number of amides is 1. The Morgan fingerprint density at radius 2 is 1.91 bits per heavy atom. The van der Waals surface area contributed by atoms with Crippen molar-refractivity contribution >= 4 is 5.91 Å². The molecule has 1 aliphatic carbocycles. The zero-order valence-electron chi connectivity index (χ0n) is 11.9. The summed E-state index contributed by atoms with van der Waals surface area (Å²) in [5.74, 6) is 4.94. The van der Waals surface area contributed by atoms with Gasteiger partial charge in [0.15, 0.2) is 0 Å². The largest absolute Gasteiger partial charge is 0.416 e. The summed E-state index contributed by atoms with van der Waals surface area (Å²) < 4.78 is 39.8. The van der Waals surface area contributed by atoms with Gasteiger partial charge in [0.2, 0.25) is 0 Å². The molecule has 0 radical (unpaired) electrons. The maximum Gasteiger partial charge on any atom is 0.416 e. The highest BCUT2D eigenvalue weighted by Gasteiger charge is 2.52. The topological polar surface area (TPSA) is 49.6 Å². The van der Waals surface area contributed by atoms with E-state index < -0.39 is 17.6 Å². The Morgan fingerprint density at radius 1 is 1.23 bits per heavy atom. The monoisotopic (exact) mass is 311 g/mol. The van der Waals surface area contributed by atoms with Crippen molar-refractivity contribution in [2.75, 3.05) is 13.1 Å². The van der Waals surface area contributed by atoms with Crippen molar-refractivity contribution in [2.24, 2.45) is 11.3 Å². The number of fused-ring (bicyclic) bond motifs is 1. The van der Waals surface area contributed by atoms with Crippen LogP contribution in [0.2, 0.25) is 0 Å². The highest BCUT2D eigenvalue weighted by molar-refractivity contribution is 5.98. The van der Waals surface area contributed by atoms with E-state index in [-0.39, 0.29) is 17.7 Å². The molecule has 4 nitrogen and oxygen atoms in total. The second kappa shape index (κ2) is 4.23. The van der Waals surface area contributed by atoms with E-state index in [1.165, 1.54) is 18.9 Å². The smallest absolute Gasteiger partial charge is 0.298 e. The molecule has 1 amide bonds. The van der Waals surface area contributed by atoms with Gasteiger partial charge in [-0.25, -0.2) is 5.84 Å². The molecule has 7 heteroatoms. The average Bonchev–Trinajstić information content (AvgIpc) is 3.12. The van der Waals surface area contributed by atoms with Gasteiger partial charge in [0.05, 0.1) is 12.1 Å². The molecule has 1 spiro atoms. The summed E-state index contributed by atoms with van der Waals surface area (Å²) in [6.45, 7) is 2.16. The van der Waals surface area contributed by atoms with Gasteiger partial charge < -0.3 is 0 Å². The number of carbonyl (C=O) groups is 1. The predicted molar refractivity (Wildman–Crippen MR) is 72.4 cm³/mol. The first kappa shape index (κ1) is 14.0. The first-order valence-electron chi connectivity index (χ1n) is 7.29. The van der Waals surface area contributed by atoms with Crippen LogP contribution in [-0.4, -0.2) is 28.9 Å². The Bertz CT molecular complexity index is 659. The van der Waals surface area contributed by atoms with E-state index in [4.69, 9.17) is 5.84 Å². The van der Waals surface area contributed by atoms with Gasteiger partial charge in [-0.05, 0) is 41.5 Å². The number of hydrogen-bond acceptors (Lipinski definition) is 3. The number of halogens is 3. The lowest BCUT2D eigenvalue weighted by molar-refractivity contribution is -0.138. The molecule has 1 aromatic rings. The first-order valence-corrected chi connectivity index (χ1v) is 7.29. The van der Waals surface area contributed by atoms with Crippen LogP contribution in [0.25, 0.3) is 0 Å². The normalized spacial score (nSPS) is 22.9. The summed E-state index contributed by atoms with van der Waals surface area (Å²) in [5.41, 5.74) is 0.334. The van der Waals surface area contributed by atoms with Crippen molar-refractivity contribution in [3.05, 3.63) is 34.4 Å². The van der Waals surface area contributed by atoms with Crippen LogP contribution in [0.15, 0.2) is 12.1 Å². The molecule has 118 valence electrons. The number of benzene rings is 1. The quantitative estimate of drug-likeness (QED) is 0.672. The van der Waals surface area contributed by atoms with Crippen molar-refractivity contribution in [3.63, 3.8) is 0 Å². The van der Waals surface area contributed by atoms with Gasteiger partial charge in [0, 0.05) is 25.2 Å². The van der Waals surface area contributed by atoms with E-state index in [2.05, 4.69) is 4.90 Å². The molecular formula is C15H16F3N3O. The number of nitrogens with zero attached hydrogens (tertiary/aromatic N) is 2. The lowest BCUT2D eigenvalue weighted by Crippen LogP contribution is -2.47. The number of hydrogen-bond donors (Lipinski definition) is 1. The van der Waals surface area contributed by atoms with Crippen LogP contribution in [-0.2, 0) is 19.3 Å². The highest BCUT2D eigenvalue weighted by atomic mass is 19.4. The molecule has 0 bridgehead atoms. The number of alkyl halides is 3. The Labute approximate surface area is 125 Å². The van der Waals surface area contributed by atoms with Crippen LogP contribution in [0.4, 0.5) is 13.2 Å². The molecule has 2 fully saturated rings. The van der Waals surface area contributed by atoms with Gasteiger partial charge in [-0.3, -0.25) is 14.7 Å². The Balaban J connectivity index is 1.66. The second-order valence-corrected chi connectivity index (χ2v) is 6.75. The van der Waals surface area contributed by atoms with Gasteiger partial charge in [-0.15, -0.1) is 0 Å². The summed E-state index contributed by atoms with van der Waals surface area (Å²) in [4.78, 5) is 14.1. The van der Waals surface area contributed by atoms with Gasteiger partial charge in [0.25, 0.3) is 5.91 Å². The zero-order chi connectivity index (χ0) is 15.7. The molecule has 1 saturated heterocycles. The Hall–Kier alpha value is -1.60. The fourth-order valence-corrected chi connectivity index (χ4v) is 3.60. The number of rotatable bonds is 2. The summed E-state index contributed by atoms with van der Waals surface area (Å²) in [6.07, 6.45) is -2.03. The maximum absolute atomic E-state index is 13.3. The Morgan fingerprint density at radius 3 is 2.50 bits per heavy atom. The van der Waals surface area contributed by atoms with Crippen LogP contribution in [0, 0.1) is 5.41 Å². The van der Waals surface area contributed by atoms with Gasteiger partial charge in [0.1, 0.15) is 0 Å². The number of hydrazine groups is 1. The fraction of sp³-hybridized carbons (Fsp3) is 0.533. The molecule has 1 saturated carbocycles. The first-order chi connectivity index (χ1) is 10.3. The molecular weight excluding hydrogens is 295 g/mol. The van der Waals surface area contributed by atoms with Crippen molar-refractivity contribution in [3.8, 4) is 0 Å². The van der Waals surface area contributed by atoms with Crippen LogP contribution in [0.3, 0.4) is 0 Å². The third kappa shape index (κ3) is 2.11. The maximum atomic E-state index is 13.3. The van der Waals surface area contributed by atoms with E-state index in [0.717, 1.165) is 18.1 Å². The van der Waals surface area contributed by atoms with Crippen molar-refractivity contribution in [2.45, 2.75) is 32.1 Å². The van der Waals surface area contributed by atoms with Crippen LogP contribution < -0.4 is 5.84 Å². The van der Waals surface area contributed by atoms with Gasteiger partial charge in [-0.1, -0.05) is 0 Å². The third-order valence-electron chi connectivity index (χ3n) is 4.92. The summed E-state index contributed by atoms with van der Waals surface area (Å²) >= 11 is 0. The average molecular weight is 311 g/mol. The van der Waals surface area contributed by atoms with Crippen LogP contribution >= 0.6 is 0 Å². The van der Waals surface area contributed by atoms with Crippen molar-refractivity contribution in [1.29, 1.82) is 0 Å². The third-order valence-corrected chi connectivity index (χ3v) is 4.92. The van der Waals surface area contributed by atoms with Crippen molar-refractivity contribution < 1.29 is 18.0 Å². The molecule has 0 aromatic heterocycles. The molecule has 2 N–H and O–H groups in total. The fourth-order valence-electron chi connectivity index (χ4n) is 3.60. The summed E-state index contributed by atoms with van der Waals surface area (Å²) in [5, 5.41) is 0.840. The number of carbonyl (C=O) groups excluding carboxylic acids is 1. The van der Waals surface area contributed by atoms with Gasteiger partial charge >= 0.3 is 6.18 Å². The Kier molecular flexibility index (Phi) is 2.70. The molecule has 1 aromatic carbocycles. The molecule has 22 heavy (non-hydrogen) atoms. The van der Waals surface area contributed by atoms with Crippen LogP contribution in [0.5, 0.6) is 0 Å². The molecule has 2 aliphatic heterocycles. The standard InChI is InChI=1S/C15H16F3N3O/c16-15(17,18)12-4-9(5-20-7-14(8-20)1-2-14)3-10-11(12)6-21(19)13(10)22/h3-4H,1-2,5-8,19H2. The molecule has 3 aliphatic rings. The molecule has 0 atom stereocenters. The molecule has 2 heterocycles. The minimum absolute atomic E-state index is 0.00831. The van der Waals surface area contributed by atoms with Crippen molar-refractivity contribution in [1.82, 2.24) is 9.91 Å². The number of likely N-dealkylation sites (tertiary alicyclic amines) is 1. The minimum atomic E-state index is -4.47. The lowest BCUT2D eigenvalue weighted by atomic mass is 9.94. The van der Waals surface area contributed by atoms with E-state index in [0.29, 0.717) is 17.5 Å². The lowest BCUT2D eigenvalue weighted by Gasteiger charge is -2.40. The van der Waals surface area contributed by atoms with E-state index in [9.17, 15) is 18.0 Å². The van der Waals surface area contributed by atoms with E-state index in [1.54, 1.807) is 6.07 Å². The van der Waals surface area contributed by atoms with E-state index >= 15 is 0 Å². The number of nitrogens with two attached hydrogens (primary N) is 1. The second-order valence-electron chi connectivity index (χ2n) is 6.75. The molecule has 0 unspecified atom stereocenters. The molecule has 4 rings (SSSR count). The SMILES string of the molecule is NN1Cc2c(cc(CN3CC4(CC4)C3)cc2C(F)(F)F)C1=O.